The number of amides is 1. The Kier molecular flexibility index (Phi) is 12.0. The normalized spacial score (nSPS) is 12.9. The second kappa shape index (κ2) is 12.6. The molecule has 0 unspecified atom stereocenters. The van der Waals surface area contributed by atoms with E-state index in [0.29, 0.717) is 16.0 Å². The van der Waals surface area contributed by atoms with Crippen LogP contribution in [0, 0.1) is 0 Å². The molecule has 1 aliphatic heterocycles. The van der Waals surface area contributed by atoms with Crippen molar-refractivity contribution in [2.45, 2.75) is 32.6 Å². The van der Waals surface area contributed by atoms with Crippen LogP contribution >= 0.6 is 23.2 Å². The summed E-state index contributed by atoms with van der Waals surface area (Å²) in [5.74, 6) is 0.476. The van der Waals surface area contributed by atoms with E-state index in [9.17, 15) is 4.79 Å². The summed E-state index contributed by atoms with van der Waals surface area (Å²) < 4.78 is 0. The molecule has 6 heteroatoms. The number of benzene rings is 1. The van der Waals surface area contributed by atoms with Crippen LogP contribution in [-0.4, -0.2) is 43.1 Å². The molecule has 0 bridgehead atoms. The van der Waals surface area contributed by atoms with Crippen LogP contribution in [0.3, 0.4) is 0 Å². The van der Waals surface area contributed by atoms with Gasteiger partial charge in [-0.3, -0.25) is 4.79 Å². The molecule has 0 aromatic heterocycles. The monoisotopic (exact) mass is 348 g/mol. The minimum atomic E-state index is 0.129. The quantitative estimate of drug-likeness (QED) is 0.850. The number of aromatic hydroxyl groups is 1. The van der Waals surface area contributed by atoms with Gasteiger partial charge in [0, 0.05) is 19.5 Å². The molecule has 1 fully saturated rings. The number of carbonyl (C=O) groups excluding carboxylic acids is 1. The molecule has 126 valence electrons. The van der Waals surface area contributed by atoms with E-state index in [1.54, 1.807) is 6.07 Å². The number of phenols is 1. The Morgan fingerprint density at radius 3 is 2.18 bits per heavy atom. The molecule has 1 heterocycles. The van der Waals surface area contributed by atoms with Crippen molar-refractivity contribution < 1.29 is 9.90 Å². The van der Waals surface area contributed by atoms with E-state index >= 15 is 0 Å². The van der Waals surface area contributed by atoms with Crippen LogP contribution in [0.25, 0.3) is 0 Å². The molecule has 22 heavy (non-hydrogen) atoms. The highest BCUT2D eigenvalue weighted by atomic mass is 35.5. The van der Waals surface area contributed by atoms with Crippen molar-refractivity contribution in [3.05, 3.63) is 28.2 Å². The summed E-state index contributed by atoms with van der Waals surface area (Å²) in [6, 6.07) is 4.41. The fourth-order valence-electron chi connectivity index (χ4n) is 1.82. The highest BCUT2D eigenvalue weighted by molar-refractivity contribution is 6.42. The van der Waals surface area contributed by atoms with Crippen molar-refractivity contribution in [2.24, 2.45) is 0 Å². The van der Waals surface area contributed by atoms with Gasteiger partial charge in [0.05, 0.1) is 10.0 Å². The Morgan fingerprint density at radius 1 is 1.23 bits per heavy atom. The molecule has 0 saturated carbocycles. The highest BCUT2D eigenvalue weighted by Crippen LogP contribution is 2.25. The zero-order valence-corrected chi connectivity index (χ0v) is 15.0. The molecule has 0 atom stereocenters. The molecule has 1 aliphatic rings. The van der Waals surface area contributed by atoms with Crippen molar-refractivity contribution in [3.63, 3.8) is 0 Å². The second-order valence-electron chi connectivity index (χ2n) is 4.94. The summed E-state index contributed by atoms with van der Waals surface area (Å²) in [6.07, 6.45) is 4.13. The first-order valence-corrected chi connectivity index (χ1v) is 8.22. The fraction of sp³-hybridized carbons (Fsp3) is 0.562. The number of hydrogen-bond acceptors (Lipinski definition) is 3. The topological polar surface area (TPSA) is 52.6 Å². The van der Waals surface area contributed by atoms with Crippen molar-refractivity contribution in [1.82, 2.24) is 10.2 Å². The average molecular weight is 349 g/mol. The number of carbonyl (C=O) groups is 1. The third-order valence-corrected chi connectivity index (χ3v) is 3.56. The van der Waals surface area contributed by atoms with Crippen molar-refractivity contribution >= 4 is 29.1 Å². The molecular weight excluding hydrogens is 323 g/mol. The Balaban J connectivity index is 0.000000342. The largest absolute Gasteiger partial charge is 0.508 e. The molecule has 1 saturated heterocycles. The van der Waals surface area contributed by atoms with Gasteiger partial charge in [0.1, 0.15) is 5.75 Å². The van der Waals surface area contributed by atoms with E-state index in [0.717, 1.165) is 25.9 Å². The van der Waals surface area contributed by atoms with Gasteiger partial charge in [0.25, 0.3) is 0 Å². The summed E-state index contributed by atoms with van der Waals surface area (Å²) in [5, 5.41) is 12.4. The number of nitrogens with zero attached hydrogens (tertiary/aromatic N) is 1. The van der Waals surface area contributed by atoms with Gasteiger partial charge >= 0.3 is 0 Å². The lowest BCUT2D eigenvalue weighted by molar-refractivity contribution is -0.130. The number of likely N-dealkylation sites (tertiary alicyclic amines) is 1. The lowest BCUT2D eigenvalue weighted by atomic mass is 10.3. The standard InChI is InChI=1S/C8H15NO.C6H4Cl2O.C2H7N/c1-2-5-8(10)9-6-3-4-7-9;7-5-2-1-4(9)3-6(5)8;1-3-2/h2-7H2,1H3;1-3,9H;3H,1-2H3. The maximum Gasteiger partial charge on any atom is 0.222 e. The van der Waals surface area contributed by atoms with E-state index in [4.69, 9.17) is 28.3 Å². The predicted molar refractivity (Wildman–Crippen MR) is 93.8 cm³/mol. The molecule has 0 aliphatic carbocycles. The van der Waals surface area contributed by atoms with E-state index in [1.165, 1.54) is 25.0 Å². The molecular formula is C16H26Cl2N2O2. The van der Waals surface area contributed by atoms with Crippen LogP contribution in [0.4, 0.5) is 0 Å². The SMILES string of the molecule is CCCC(=O)N1CCCC1.CNC.Oc1ccc(Cl)c(Cl)c1. The second-order valence-corrected chi connectivity index (χ2v) is 5.75. The van der Waals surface area contributed by atoms with Crippen molar-refractivity contribution in [3.8, 4) is 5.75 Å². The number of hydrogen-bond donors (Lipinski definition) is 2. The summed E-state index contributed by atoms with van der Waals surface area (Å²) in [7, 11) is 3.75. The summed E-state index contributed by atoms with van der Waals surface area (Å²) in [6.45, 7) is 4.05. The molecule has 4 nitrogen and oxygen atoms in total. The van der Waals surface area contributed by atoms with Crippen molar-refractivity contribution in [2.75, 3.05) is 27.2 Å². The number of rotatable bonds is 2. The molecule has 0 spiro atoms. The van der Waals surface area contributed by atoms with Crippen LogP contribution in [0.2, 0.25) is 10.0 Å². The van der Waals surface area contributed by atoms with Gasteiger partial charge in [0.15, 0.2) is 0 Å². The van der Waals surface area contributed by atoms with Gasteiger partial charge in [-0.25, -0.2) is 0 Å². The van der Waals surface area contributed by atoms with E-state index in [-0.39, 0.29) is 5.75 Å². The highest BCUT2D eigenvalue weighted by Gasteiger charge is 2.15. The first kappa shape index (κ1) is 21.0. The van der Waals surface area contributed by atoms with Gasteiger partial charge in [-0.2, -0.15) is 0 Å². The Hall–Kier alpha value is -0.970. The summed E-state index contributed by atoms with van der Waals surface area (Å²) in [4.78, 5) is 13.1. The van der Waals surface area contributed by atoms with Gasteiger partial charge in [-0.1, -0.05) is 30.1 Å². The zero-order valence-electron chi connectivity index (χ0n) is 13.5. The average Bonchev–Trinajstić information content (AvgIpc) is 2.99. The molecule has 1 amide bonds. The molecule has 2 N–H and O–H groups in total. The maximum atomic E-state index is 11.2. The molecule has 2 rings (SSSR count). The van der Waals surface area contributed by atoms with Gasteiger partial charge in [0.2, 0.25) is 5.91 Å². The minimum absolute atomic E-state index is 0.129. The van der Waals surface area contributed by atoms with Crippen LogP contribution < -0.4 is 5.32 Å². The number of halogens is 2. The smallest absolute Gasteiger partial charge is 0.222 e. The maximum absolute atomic E-state index is 11.2. The van der Waals surface area contributed by atoms with E-state index in [2.05, 4.69) is 5.32 Å². The van der Waals surface area contributed by atoms with Crippen LogP contribution in [0.1, 0.15) is 32.6 Å². The molecule has 0 radical (unpaired) electrons. The third-order valence-electron chi connectivity index (χ3n) is 2.83. The molecule has 1 aromatic carbocycles. The first-order chi connectivity index (χ1) is 10.5. The zero-order chi connectivity index (χ0) is 17.0. The van der Waals surface area contributed by atoms with E-state index in [1.807, 2.05) is 25.9 Å². The lowest BCUT2D eigenvalue weighted by Gasteiger charge is -2.13. The van der Waals surface area contributed by atoms with Gasteiger partial charge in [-0.15, -0.1) is 0 Å². The minimum Gasteiger partial charge on any atom is -0.508 e. The Labute approximate surface area is 143 Å². The Bertz CT molecular complexity index is 436. The summed E-state index contributed by atoms with van der Waals surface area (Å²) >= 11 is 11.1. The van der Waals surface area contributed by atoms with Gasteiger partial charge < -0.3 is 15.3 Å². The summed E-state index contributed by atoms with van der Waals surface area (Å²) in [5.41, 5.74) is 0. The van der Waals surface area contributed by atoms with E-state index < -0.39 is 0 Å². The Morgan fingerprint density at radius 2 is 1.77 bits per heavy atom. The predicted octanol–water partition coefficient (Wildman–Crippen LogP) is 3.94. The third kappa shape index (κ3) is 9.13. The van der Waals surface area contributed by atoms with Crippen LogP contribution in [-0.2, 0) is 4.79 Å². The molecule has 1 aromatic rings. The van der Waals surface area contributed by atoms with Gasteiger partial charge in [-0.05, 0) is 51.6 Å². The fourth-order valence-corrected chi connectivity index (χ4v) is 2.12. The number of nitrogens with one attached hydrogen (secondary N) is 1. The first-order valence-electron chi connectivity index (χ1n) is 7.46. The van der Waals surface area contributed by atoms with Crippen LogP contribution in [0.5, 0.6) is 5.75 Å². The number of phenolic OH excluding ortho intramolecular Hbond substituents is 1. The van der Waals surface area contributed by atoms with Crippen LogP contribution in [0.15, 0.2) is 18.2 Å². The lowest BCUT2D eigenvalue weighted by Crippen LogP contribution is -2.26. The van der Waals surface area contributed by atoms with Crippen molar-refractivity contribution in [1.29, 1.82) is 0 Å².